The molecule has 0 radical (unpaired) electrons. The molecule has 1 saturated heterocycles. The van der Waals surface area contributed by atoms with Crippen LogP contribution in [0.4, 0.5) is 4.79 Å². The molecule has 0 unspecified atom stereocenters. The lowest BCUT2D eigenvalue weighted by atomic mass is 10.4. The van der Waals surface area contributed by atoms with E-state index in [0.717, 1.165) is 44.5 Å². The highest BCUT2D eigenvalue weighted by Crippen LogP contribution is 2.13. The fraction of sp³-hybridized carbons (Fsp3) is 0.857. The monoisotopic (exact) mass is 190 g/mol. The largest absolute Gasteiger partial charge is 0.472 e. The van der Waals surface area contributed by atoms with Crippen LogP contribution >= 0.6 is 11.9 Å². The van der Waals surface area contributed by atoms with E-state index in [2.05, 4.69) is 11.9 Å². The molecule has 1 heterocycles. The first-order chi connectivity index (χ1) is 5.68. The maximum absolute atomic E-state index is 10.4. The minimum absolute atomic E-state index is 0.806. The van der Waals surface area contributed by atoms with Crippen molar-refractivity contribution in [2.24, 2.45) is 0 Å². The van der Waals surface area contributed by atoms with Crippen molar-refractivity contribution in [1.82, 2.24) is 9.21 Å². The molecule has 4 nitrogen and oxygen atoms in total. The molecular weight excluding hydrogens is 176 g/mol. The summed E-state index contributed by atoms with van der Waals surface area (Å²) in [6, 6.07) is 0. The predicted octanol–water partition coefficient (Wildman–Crippen LogP) is 0.950. The summed E-state index contributed by atoms with van der Waals surface area (Å²) in [6.45, 7) is 3.74. The van der Waals surface area contributed by atoms with E-state index in [1.807, 2.05) is 4.31 Å². The molecule has 0 saturated carbocycles. The Kier molecular flexibility index (Phi) is 3.84. The molecule has 0 bridgehead atoms. The van der Waals surface area contributed by atoms with Gasteiger partial charge in [0, 0.05) is 31.6 Å². The van der Waals surface area contributed by atoms with Crippen molar-refractivity contribution in [3.05, 3.63) is 0 Å². The first kappa shape index (κ1) is 9.83. The number of likely N-dealkylation sites (N-methyl/N-ethyl adjacent to an activating group) is 1. The first-order valence-corrected chi connectivity index (χ1v) is 4.80. The fourth-order valence-electron chi connectivity index (χ4n) is 1.22. The number of nitrogens with zero attached hydrogens (tertiary/aromatic N) is 2. The minimum atomic E-state index is -0.806. The van der Waals surface area contributed by atoms with Gasteiger partial charge in [-0.05, 0) is 20.0 Å². The van der Waals surface area contributed by atoms with Gasteiger partial charge in [-0.1, -0.05) is 0 Å². The molecule has 1 rings (SSSR count). The molecule has 0 aliphatic carbocycles. The van der Waals surface area contributed by atoms with Crippen molar-refractivity contribution >= 4 is 17.2 Å². The van der Waals surface area contributed by atoms with Crippen molar-refractivity contribution in [3.63, 3.8) is 0 Å². The second-order valence-electron chi connectivity index (χ2n) is 2.94. The van der Waals surface area contributed by atoms with Crippen LogP contribution in [-0.2, 0) is 0 Å². The van der Waals surface area contributed by atoms with E-state index in [-0.39, 0.29) is 0 Å². The quantitative estimate of drug-likeness (QED) is 0.624. The highest BCUT2D eigenvalue weighted by Gasteiger charge is 2.14. The molecule has 70 valence electrons. The molecule has 1 N–H and O–H groups in total. The normalized spacial score (nSPS) is 22.1. The molecule has 12 heavy (non-hydrogen) atoms. The van der Waals surface area contributed by atoms with Gasteiger partial charge in [0.25, 0.3) is 0 Å². The second kappa shape index (κ2) is 4.69. The maximum atomic E-state index is 10.4. The Morgan fingerprint density at radius 1 is 1.33 bits per heavy atom. The van der Waals surface area contributed by atoms with E-state index in [4.69, 9.17) is 5.11 Å². The highest BCUT2D eigenvalue weighted by molar-refractivity contribution is 8.11. The van der Waals surface area contributed by atoms with Crippen molar-refractivity contribution in [3.8, 4) is 0 Å². The van der Waals surface area contributed by atoms with Crippen molar-refractivity contribution < 1.29 is 9.90 Å². The Hall–Kier alpha value is -0.260. The average Bonchev–Trinajstić information content (AvgIpc) is 2.15. The Labute approximate surface area is 76.7 Å². The molecule has 1 aliphatic heterocycles. The standard InChI is InChI=1S/C7H14N2O2S/c1-8-3-2-4-9(6-5-8)12-7(10)11/h2-6H2,1H3,(H,10,11). The summed E-state index contributed by atoms with van der Waals surface area (Å²) in [6.07, 6.45) is 1.05. The third-order valence-corrected chi connectivity index (χ3v) is 2.67. The maximum Gasteiger partial charge on any atom is 0.380 e. The van der Waals surface area contributed by atoms with Crippen LogP contribution in [0, 0.1) is 0 Å². The van der Waals surface area contributed by atoms with E-state index in [1.165, 1.54) is 0 Å². The molecule has 0 aromatic heterocycles. The van der Waals surface area contributed by atoms with E-state index < -0.39 is 5.30 Å². The molecule has 0 aromatic carbocycles. The SMILES string of the molecule is CN1CCCN(SC(=O)O)CC1. The van der Waals surface area contributed by atoms with Crippen LogP contribution in [-0.4, -0.2) is 52.8 Å². The lowest BCUT2D eigenvalue weighted by Gasteiger charge is -2.15. The van der Waals surface area contributed by atoms with Crippen molar-refractivity contribution in [2.45, 2.75) is 6.42 Å². The topological polar surface area (TPSA) is 43.8 Å². The third-order valence-electron chi connectivity index (χ3n) is 1.89. The zero-order valence-electron chi connectivity index (χ0n) is 7.19. The van der Waals surface area contributed by atoms with Crippen LogP contribution in [0.2, 0.25) is 0 Å². The lowest BCUT2D eigenvalue weighted by molar-refractivity contribution is 0.221. The van der Waals surface area contributed by atoms with Gasteiger partial charge in [0.2, 0.25) is 0 Å². The van der Waals surface area contributed by atoms with Crippen molar-refractivity contribution in [1.29, 1.82) is 0 Å². The molecule has 0 aromatic rings. The number of carboxylic acid groups (broad SMARTS) is 1. The number of rotatable bonds is 1. The zero-order valence-corrected chi connectivity index (χ0v) is 8.01. The van der Waals surface area contributed by atoms with Gasteiger partial charge < -0.3 is 10.0 Å². The first-order valence-electron chi connectivity index (χ1n) is 4.03. The summed E-state index contributed by atoms with van der Waals surface area (Å²) in [5.41, 5.74) is 0. The van der Waals surface area contributed by atoms with Crippen LogP contribution in [0.25, 0.3) is 0 Å². The van der Waals surface area contributed by atoms with Crippen LogP contribution in [0.3, 0.4) is 0 Å². The second-order valence-corrected chi connectivity index (χ2v) is 3.99. The van der Waals surface area contributed by atoms with Gasteiger partial charge in [-0.15, -0.1) is 0 Å². The summed E-state index contributed by atoms with van der Waals surface area (Å²) in [7, 11) is 2.06. The fourth-order valence-corrected chi connectivity index (χ4v) is 1.84. The van der Waals surface area contributed by atoms with Crippen LogP contribution in [0.1, 0.15) is 6.42 Å². The molecule has 0 atom stereocenters. The Bertz CT molecular complexity index is 165. The van der Waals surface area contributed by atoms with Gasteiger partial charge in [0.15, 0.2) is 0 Å². The molecule has 5 heteroatoms. The predicted molar refractivity (Wildman–Crippen MR) is 49.3 cm³/mol. The summed E-state index contributed by atoms with van der Waals surface area (Å²) < 4.78 is 1.91. The lowest BCUT2D eigenvalue weighted by Crippen LogP contribution is -2.25. The Balaban J connectivity index is 2.30. The Morgan fingerprint density at radius 2 is 2.08 bits per heavy atom. The van der Waals surface area contributed by atoms with Gasteiger partial charge in [0.1, 0.15) is 0 Å². The third kappa shape index (κ3) is 3.42. The van der Waals surface area contributed by atoms with Gasteiger partial charge in [-0.25, -0.2) is 9.10 Å². The number of hydrogen-bond donors (Lipinski definition) is 1. The number of hydrogen-bond acceptors (Lipinski definition) is 4. The van der Waals surface area contributed by atoms with Gasteiger partial charge >= 0.3 is 5.30 Å². The summed E-state index contributed by atoms with van der Waals surface area (Å²) in [5.74, 6) is 0. The summed E-state index contributed by atoms with van der Waals surface area (Å²) in [5, 5.41) is 7.73. The molecular formula is C7H14N2O2S. The van der Waals surface area contributed by atoms with Gasteiger partial charge in [0.05, 0.1) is 0 Å². The molecule has 0 amide bonds. The van der Waals surface area contributed by atoms with Crippen LogP contribution < -0.4 is 0 Å². The van der Waals surface area contributed by atoms with Gasteiger partial charge in [-0.2, -0.15) is 0 Å². The smallest absolute Gasteiger partial charge is 0.380 e. The summed E-state index contributed by atoms with van der Waals surface area (Å²) >= 11 is 0.914. The zero-order chi connectivity index (χ0) is 8.97. The van der Waals surface area contributed by atoms with Crippen LogP contribution in [0.5, 0.6) is 0 Å². The highest BCUT2D eigenvalue weighted by atomic mass is 32.2. The van der Waals surface area contributed by atoms with Gasteiger partial charge in [-0.3, -0.25) is 0 Å². The number of carbonyl (C=O) groups is 1. The van der Waals surface area contributed by atoms with Crippen LogP contribution in [0.15, 0.2) is 0 Å². The van der Waals surface area contributed by atoms with E-state index >= 15 is 0 Å². The van der Waals surface area contributed by atoms with Crippen molar-refractivity contribution in [2.75, 3.05) is 33.2 Å². The molecule has 1 fully saturated rings. The molecule has 0 spiro atoms. The molecule has 1 aliphatic rings. The van der Waals surface area contributed by atoms with E-state index in [9.17, 15) is 4.79 Å². The Morgan fingerprint density at radius 3 is 2.75 bits per heavy atom. The average molecular weight is 190 g/mol. The minimum Gasteiger partial charge on any atom is -0.472 e. The van der Waals surface area contributed by atoms with E-state index in [0.29, 0.717) is 0 Å². The van der Waals surface area contributed by atoms with E-state index in [1.54, 1.807) is 0 Å². The summed E-state index contributed by atoms with van der Waals surface area (Å²) in [4.78, 5) is 12.6.